The van der Waals surface area contributed by atoms with E-state index in [1.807, 2.05) is 36.0 Å². The molecule has 3 aromatic rings. The van der Waals surface area contributed by atoms with Crippen molar-refractivity contribution in [2.24, 2.45) is 0 Å². The molecule has 0 saturated heterocycles. The van der Waals surface area contributed by atoms with Gasteiger partial charge in [-0.1, -0.05) is 0 Å². The van der Waals surface area contributed by atoms with E-state index in [1.165, 1.54) is 5.56 Å². The first-order chi connectivity index (χ1) is 13.6. The normalized spacial score (nSPS) is 27.1. The molecule has 3 N–H and O–H groups in total. The van der Waals surface area contributed by atoms with Crippen LogP contribution in [0, 0.1) is 6.92 Å². The van der Waals surface area contributed by atoms with Crippen molar-refractivity contribution in [1.29, 1.82) is 0 Å². The zero-order chi connectivity index (χ0) is 19.3. The number of aliphatic hydroxyl groups is 2. The lowest BCUT2D eigenvalue weighted by atomic mass is 10.0. The quantitative estimate of drug-likeness (QED) is 0.638. The minimum atomic E-state index is -0.973. The summed E-state index contributed by atoms with van der Waals surface area (Å²) in [5, 5.41) is 25.8. The van der Waals surface area contributed by atoms with Crippen molar-refractivity contribution in [3.8, 4) is 5.75 Å². The number of rotatable bonds is 3. The fourth-order valence-corrected chi connectivity index (χ4v) is 4.45. The fourth-order valence-electron chi connectivity index (χ4n) is 4.45. The molecule has 1 aliphatic heterocycles. The summed E-state index contributed by atoms with van der Waals surface area (Å²) in [5.74, 6) is 0.688. The van der Waals surface area contributed by atoms with Crippen LogP contribution in [0.1, 0.15) is 29.2 Å². The van der Waals surface area contributed by atoms with Crippen molar-refractivity contribution in [1.82, 2.24) is 19.9 Å². The lowest BCUT2D eigenvalue weighted by Gasteiger charge is -2.23. The molecule has 1 aliphatic carbocycles. The second-order valence-electron chi connectivity index (χ2n) is 7.73. The van der Waals surface area contributed by atoms with Gasteiger partial charge in [-0.25, -0.2) is 4.98 Å². The zero-order valence-corrected chi connectivity index (χ0v) is 15.7. The topological polar surface area (TPSA) is 92.4 Å². The van der Waals surface area contributed by atoms with Crippen LogP contribution < -0.4 is 10.1 Å². The van der Waals surface area contributed by atoms with E-state index in [2.05, 4.69) is 15.3 Å². The predicted molar refractivity (Wildman–Crippen MR) is 104 cm³/mol. The molecule has 7 heteroatoms. The Balaban J connectivity index is 1.43. The summed E-state index contributed by atoms with van der Waals surface area (Å²) in [6.07, 6.45) is 6.31. The number of aromatic nitrogens is 3. The van der Waals surface area contributed by atoms with Crippen molar-refractivity contribution in [3.05, 3.63) is 53.6 Å². The van der Waals surface area contributed by atoms with Gasteiger partial charge in [-0.2, -0.15) is 0 Å². The van der Waals surface area contributed by atoms with Crippen LogP contribution in [0.25, 0.3) is 11.0 Å². The first-order valence-corrected chi connectivity index (χ1v) is 9.75. The second kappa shape index (κ2) is 6.84. The number of pyridine rings is 2. The van der Waals surface area contributed by atoms with E-state index in [-0.39, 0.29) is 6.04 Å². The largest absolute Gasteiger partial charge is 0.486 e. The first kappa shape index (κ1) is 17.6. The van der Waals surface area contributed by atoms with Crippen molar-refractivity contribution >= 4 is 11.0 Å². The smallest absolute Gasteiger partial charge is 0.142 e. The third kappa shape index (κ3) is 2.78. The molecule has 3 aromatic heterocycles. The monoisotopic (exact) mass is 380 g/mol. The summed E-state index contributed by atoms with van der Waals surface area (Å²) >= 11 is 0. The summed E-state index contributed by atoms with van der Waals surface area (Å²) in [6.45, 7) is 3.70. The molecule has 1 saturated carbocycles. The molecule has 2 aliphatic rings. The Hall–Kier alpha value is -2.48. The third-order valence-corrected chi connectivity index (χ3v) is 6.05. The Morgan fingerprint density at radius 3 is 3.00 bits per heavy atom. The van der Waals surface area contributed by atoms with E-state index in [0.717, 1.165) is 41.7 Å². The lowest BCUT2D eigenvalue weighted by Crippen LogP contribution is -2.35. The van der Waals surface area contributed by atoms with Gasteiger partial charge >= 0.3 is 0 Å². The van der Waals surface area contributed by atoms with Gasteiger partial charge in [0.1, 0.15) is 29.7 Å². The molecule has 5 rings (SSSR count). The van der Waals surface area contributed by atoms with Crippen LogP contribution in [-0.4, -0.2) is 49.6 Å². The maximum Gasteiger partial charge on any atom is 0.142 e. The molecule has 28 heavy (non-hydrogen) atoms. The highest BCUT2D eigenvalue weighted by atomic mass is 16.5. The average molecular weight is 380 g/mol. The van der Waals surface area contributed by atoms with Gasteiger partial charge in [0, 0.05) is 42.5 Å². The maximum atomic E-state index is 10.7. The minimum Gasteiger partial charge on any atom is -0.486 e. The Morgan fingerprint density at radius 1 is 1.21 bits per heavy atom. The summed E-state index contributed by atoms with van der Waals surface area (Å²) in [5.41, 5.74) is 4.23. The third-order valence-electron chi connectivity index (χ3n) is 6.05. The van der Waals surface area contributed by atoms with Gasteiger partial charge in [0.2, 0.25) is 0 Å². The van der Waals surface area contributed by atoms with E-state index < -0.39 is 18.3 Å². The molecule has 146 valence electrons. The van der Waals surface area contributed by atoms with E-state index in [1.54, 1.807) is 12.4 Å². The van der Waals surface area contributed by atoms with Crippen LogP contribution in [0.2, 0.25) is 0 Å². The van der Waals surface area contributed by atoms with E-state index in [0.29, 0.717) is 12.2 Å². The molecular weight excluding hydrogens is 356 g/mol. The van der Waals surface area contributed by atoms with Crippen molar-refractivity contribution in [3.63, 3.8) is 0 Å². The van der Waals surface area contributed by atoms with Gasteiger partial charge in [0.05, 0.1) is 12.2 Å². The number of aryl methyl sites for hydroxylation is 1. The Labute approximate surface area is 163 Å². The van der Waals surface area contributed by atoms with Crippen molar-refractivity contribution < 1.29 is 14.9 Å². The number of aliphatic hydroxyl groups excluding tert-OH is 2. The predicted octanol–water partition coefficient (Wildman–Crippen LogP) is 1.50. The summed E-state index contributed by atoms with van der Waals surface area (Å²) in [7, 11) is 0. The van der Waals surface area contributed by atoms with Crippen LogP contribution in [0.3, 0.4) is 0 Å². The van der Waals surface area contributed by atoms with Crippen LogP contribution >= 0.6 is 0 Å². The lowest BCUT2D eigenvalue weighted by molar-refractivity contribution is -0.0167. The van der Waals surface area contributed by atoms with Gasteiger partial charge < -0.3 is 24.8 Å². The zero-order valence-electron chi connectivity index (χ0n) is 15.7. The Bertz CT molecular complexity index is 1020. The number of hydrogen-bond donors (Lipinski definition) is 3. The molecule has 0 spiro atoms. The standard InChI is InChI=1S/C21H24N4O3/c1-12-2-6-24-21-14(12)4-7-25(21)16-8-17(20(27)19(16)26)28-18-11-23-9-13-3-5-22-10-15(13)18/h2,4,6-7,9,11,16-17,19-20,22,26-27H,3,5,8,10H2,1H3/t16-,17+,19+,20-/m1/s1. The number of ether oxygens (including phenoxy) is 1. The van der Waals surface area contributed by atoms with E-state index >= 15 is 0 Å². The van der Waals surface area contributed by atoms with E-state index in [4.69, 9.17) is 4.74 Å². The van der Waals surface area contributed by atoms with E-state index in [9.17, 15) is 10.2 Å². The molecule has 1 fully saturated rings. The van der Waals surface area contributed by atoms with Gasteiger partial charge in [-0.15, -0.1) is 0 Å². The number of fused-ring (bicyclic) bond motifs is 2. The second-order valence-corrected chi connectivity index (χ2v) is 7.73. The van der Waals surface area contributed by atoms with Gasteiger partial charge in [0.15, 0.2) is 0 Å². The molecule has 7 nitrogen and oxygen atoms in total. The first-order valence-electron chi connectivity index (χ1n) is 9.75. The van der Waals surface area contributed by atoms with Crippen LogP contribution in [-0.2, 0) is 13.0 Å². The van der Waals surface area contributed by atoms with Crippen LogP contribution in [0.15, 0.2) is 36.9 Å². The minimum absolute atomic E-state index is 0.294. The molecule has 0 bridgehead atoms. The summed E-state index contributed by atoms with van der Waals surface area (Å²) in [6, 6.07) is 3.68. The maximum absolute atomic E-state index is 10.7. The van der Waals surface area contributed by atoms with Gasteiger partial charge in [-0.3, -0.25) is 4.98 Å². The molecule has 4 atom stereocenters. The number of hydrogen-bond acceptors (Lipinski definition) is 6. The highest BCUT2D eigenvalue weighted by Gasteiger charge is 2.44. The van der Waals surface area contributed by atoms with Crippen molar-refractivity contribution in [2.75, 3.05) is 6.54 Å². The Morgan fingerprint density at radius 2 is 2.11 bits per heavy atom. The van der Waals surface area contributed by atoms with Crippen LogP contribution in [0.4, 0.5) is 0 Å². The molecule has 4 heterocycles. The fraction of sp³-hybridized carbons (Fsp3) is 0.429. The van der Waals surface area contributed by atoms with Gasteiger partial charge in [0.25, 0.3) is 0 Å². The molecule has 0 radical (unpaired) electrons. The average Bonchev–Trinajstić information content (AvgIpc) is 3.26. The summed E-state index contributed by atoms with van der Waals surface area (Å²) in [4.78, 5) is 8.78. The highest BCUT2D eigenvalue weighted by molar-refractivity contribution is 5.79. The number of nitrogens with one attached hydrogen (secondary N) is 1. The highest BCUT2D eigenvalue weighted by Crippen LogP contribution is 2.37. The molecule has 0 unspecified atom stereocenters. The molecule has 0 amide bonds. The van der Waals surface area contributed by atoms with Gasteiger partial charge in [-0.05, 0) is 43.1 Å². The summed E-state index contributed by atoms with van der Waals surface area (Å²) < 4.78 is 8.13. The molecule has 0 aromatic carbocycles. The molecular formula is C21H24N4O3. The van der Waals surface area contributed by atoms with Crippen molar-refractivity contribution in [2.45, 2.75) is 50.7 Å². The van der Waals surface area contributed by atoms with Crippen LogP contribution in [0.5, 0.6) is 5.75 Å². The number of nitrogens with zero attached hydrogens (tertiary/aromatic N) is 3. The Kier molecular flexibility index (Phi) is 4.30. The SMILES string of the molecule is Cc1ccnc2c1ccn2[C@@H]1C[C@H](Oc2cncc3c2CNCC3)[C@@H](O)[C@H]1O.